The highest BCUT2D eigenvalue weighted by Gasteiger charge is 2.45. The molecular formula is C40H39N. The van der Waals surface area contributed by atoms with E-state index in [1.165, 1.54) is 83.8 Å². The molecule has 5 aromatic rings. The van der Waals surface area contributed by atoms with Gasteiger partial charge in [0.05, 0.1) is 0 Å². The molecule has 2 aliphatic carbocycles. The smallest absolute Gasteiger partial charge is 0.0465 e. The third kappa shape index (κ3) is 3.61. The number of nitrogens with zero attached hydrogens (tertiary/aromatic N) is 1. The molecule has 5 aromatic carbocycles. The van der Waals surface area contributed by atoms with Crippen LogP contribution in [0.3, 0.4) is 0 Å². The second-order valence-electron chi connectivity index (χ2n) is 13.3. The summed E-state index contributed by atoms with van der Waals surface area (Å²) in [5.74, 6) is 0. The van der Waals surface area contributed by atoms with Gasteiger partial charge in [-0.2, -0.15) is 0 Å². The molecule has 2 aliphatic rings. The van der Waals surface area contributed by atoms with Gasteiger partial charge in [0.1, 0.15) is 0 Å². The van der Waals surface area contributed by atoms with Crippen molar-refractivity contribution in [3.05, 3.63) is 136 Å². The molecule has 204 valence electrons. The molecule has 0 unspecified atom stereocenters. The minimum atomic E-state index is -0.122. The molecule has 0 fully saturated rings. The third-order valence-corrected chi connectivity index (χ3v) is 10.1. The first-order valence-electron chi connectivity index (χ1n) is 14.9. The Bertz CT molecular complexity index is 1830. The summed E-state index contributed by atoms with van der Waals surface area (Å²) in [7, 11) is 0. The molecule has 0 N–H and O–H groups in total. The van der Waals surface area contributed by atoms with Crippen molar-refractivity contribution in [2.24, 2.45) is 0 Å². The van der Waals surface area contributed by atoms with Gasteiger partial charge >= 0.3 is 0 Å². The van der Waals surface area contributed by atoms with Crippen molar-refractivity contribution >= 4 is 17.1 Å². The van der Waals surface area contributed by atoms with Crippen LogP contribution in [0.4, 0.5) is 17.1 Å². The summed E-state index contributed by atoms with van der Waals surface area (Å²) >= 11 is 0. The van der Waals surface area contributed by atoms with E-state index in [0.717, 1.165) is 0 Å². The van der Waals surface area contributed by atoms with Gasteiger partial charge in [0, 0.05) is 27.9 Å². The summed E-state index contributed by atoms with van der Waals surface area (Å²) in [4.78, 5) is 2.43. The van der Waals surface area contributed by atoms with E-state index in [9.17, 15) is 0 Å². The Morgan fingerprint density at radius 2 is 0.854 bits per heavy atom. The highest BCUT2D eigenvalue weighted by atomic mass is 15.1. The van der Waals surface area contributed by atoms with E-state index in [-0.39, 0.29) is 10.8 Å². The monoisotopic (exact) mass is 533 g/mol. The van der Waals surface area contributed by atoms with E-state index in [4.69, 9.17) is 0 Å². The molecule has 0 atom stereocenters. The lowest BCUT2D eigenvalue weighted by Gasteiger charge is -2.31. The van der Waals surface area contributed by atoms with Gasteiger partial charge in [-0.1, -0.05) is 82.3 Å². The van der Waals surface area contributed by atoms with Crippen LogP contribution in [-0.2, 0) is 10.8 Å². The van der Waals surface area contributed by atoms with Crippen LogP contribution in [0.1, 0.15) is 72.2 Å². The number of hydrogen-bond donors (Lipinski definition) is 0. The van der Waals surface area contributed by atoms with Crippen LogP contribution in [0.25, 0.3) is 22.3 Å². The number of rotatable bonds is 3. The minimum Gasteiger partial charge on any atom is -0.310 e. The number of fused-ring (bicyclic) bond motifs is 7. The molecule has 0 bridgehead atoms. The normalized spacial score (nSPS) is 15.2. The molecule has 0 aromatic heterocycles. The lowest BCUT2D eigenvalue weighted by Crippen LogP contribution is -2.24. The predicted octanol–water partition coefficient (Wildman–Crippen LogP) is 11.0. The van der Waals surface area contributed by atoms with Crippen molar-refractivity contribution < 1.29 is 0 Å². The van der Waals surface area contributed by atoms with E-state index in [0.29, 0.717) is 0 Å². The zero-order valence-corrected chi connectivity index (χ0v) is 25.6. The average Bonchev–Trinajstić information content (AvgIpc) is 3.32. The molecule has 0 saturated heterocycles. The molecule has 0 amide bonds. The van der Waals surface area contributed by atoms with E-state index in [1.54, 1.807) is 0 Å². The topological polar surface area (TPSA) is 3.24 Å². The SMILES string of the molecule is Cc1ccc(N(c2ccc(C)c(C)c2)c2ccc3c(c2)C(C)(C)c2c-3ccc3c2C(C)(C)c2ccccc2-3)cc1C. The minimum absolute atomic E-state index is 0.0374. The van der Waals surface area contributed by atoms with Crippen LogP contribution in [0, 0.1) is 27.7 Å². The van der Waals surface area contributed by atoms with Gasteiger partial charge in [-0.05, 0) is 131 Å². The molecule has 1 heteroatoms. The summed E-state index contributed by atoms with van der Waals surface area (Å²) in [5, 5.41) is 0. The number of hydrogen-bond acceptors (Lipinski definition) is 1. The maximum Gasteiger partial charge on any atom is 0.0465 e. The first-order valence-corrected chi connectivity index (χ1v) is 14.9. The second-order valence-corrected chi connectivity index (χ2v) is 13.3. The molecule has 7 rings (SSSR count). The summed E-state index contributed by atoms with van der Waals surface area (Å²) < 4.78 is 0. The Labute approximate surface area is 245 Å². The molecule has 0 spiro atoms. The van der Waals surface area contributed by atoms with Crippen molar-refractivity contribution in [2.75, 3.05) is 4.90 Å². The van der Waals surface area contributed by atoms with Crippen LogP contribution in [0.15, 0.2) is 91.0 Å². The summed E-state index contributed by atoms with van der Waals surface area (Å²) in [6, 6.07) is 34.5. The molecule has 1 nitrogen and oxygen atoms in total. The van der Waals surface area contributed by atoms with Gasteiger partial charge in [-0.15, -0.1) is 0 Å². The lowest BCUT2D eigenvalue weighted by molar-refractivity contribution is 0.601. The maximum atomic E-state index is 2.46. The molecule has 41 heavy (non-hydrogen) atoms. The van der Waals surface area contributed by atoms with Crippen molar-refractivity contribution in [3.8, 4) is 22.3 Å². The standard InChI is InChI=1S/C40H39N/c1-24-13-15-28(21-26(24)3)41(29-16-14-25(2)27(4)22-29)30-17-18-32-34-20-19-33-31-11-9-10-12-35(31)39(5,6)37(33)38(34)40(7,8)36(32)23-30/h9-23H,1-8H3. The molecule has 0 aliphatic heterocycles. The van der Waals surface area contributed by atoms with E-state index in [1.807, 2.05) is 0 Å². The Morgan fingerprint density at radius 3 is 1.41 bits per heavy atom. The summed E-state index contributed by atoms with van der Waals surface area (Å²) in [6.07, 6.45) is 0. The Kier molecular flexibility index (Phi) is 5.48. The fourth-order valence-corrected chi connectivity index (χ4v) is 7.48. The van der Waals surface area contributed by atoms with Gasteiger partial charge in [-0.25, -0.2) is 0 Å². The van der Waals surface area contributed by atoms with Crippen LogP contribution < -0.4 is 4.90 Å². The van der Waals surface area contributed by atoms with Crippen molar-refractivity contribution in [1.29, 1.82) is 0 Å². The molecule has 0 radical (unpaired) electrons. The molecule has 0 saturated carbocycles. The lowest BCUT2D eigenvalue weighted by atomic mass is 9.72. The van der Waals surface area contributed by atoms with Gasteiger partial charge in [0.25, 0.3) is 0 Å². The first-order chi connectivity index (χ1) is 19.5. The number of aryl methyl sites for hydroxylation is 4. The predicted molar refractivity (Wildman–Crippen MR) is 175 cm³/mol. The van der Waals surface area contributed by atoms with Gasteiger partial charge < -0.3 is 4.90 Å². The van der Waals surface area contributed by atoms with E-state index < -0.39 is 0 Å². The quantitative estimate of drug-likeness (QED) is 0.223. The Balaban J connectivity index is 1.43. The van der Waals surface area contributed by atoms with Crippen molar-refractivity contribution in [3.63, 3.8) is 0 Å². The van der Waals surface area contributed by atoms with E-state index in [2.05, 4.69) is 151 Å². The number of anilines is 3. The van der Waals surface area contributed by atoms with Gasteiger partial charge in [0.2, 0.25) is 0 Å². The highest BCUT2D eigenvalue weighted by molar-refractivity contribution is 5.92. The van der Waals surface area contributed by atoms with Crippen LogP contribution in [-0.4, -0.2) is 0 Å². The average molecular weight is 534 g/mol. The largest absolute Gasteiger partial charge is 0.310 e. The zero-order chi connectivity index (χ0) is 28.8. The van der Waals surface area contributed by atoms with Crippen LogP contribution >= 0.6 is 0 Å². The second kappa shape index (κ2) is 8.70. The fourth-order valence-electron chi connectivity index (χ4n) is 7.48. The third-order valence-electron chi connectivity index (χ3n) is 10.1. The number of benzene rings is 5. The Hall–Kier alpha value is -4.10. The van der Waals surface area contributed by atoms with Crippen LogP contribution in [0.2, 0.25) is 0 Å². The first kappa shape index (κ1) is 25.8. The maximum absolute atomic E-state index is 2.46. The van der Waals surface area contributed by atoms with Crippen molar-refractivity contribution in [1.82, 2.24) is 0 Å². The molecular weight excluding hydrogens is 494 g/mol. The van der Waals surface area contributed by atoms with E-state index >= 15 is 0 Å². The van der Waals surface area contributed by atoms with Crippen LogP contribution in [0.5, 0.6) is 0 Å². The molecule has 0 heterocycles. The van der Waals surface area contributed by atoms with Gasteiger partial charge in [0.15, 0.2) is 0 Å². The Morgan fingerprint density at radius 1 is 0.415 bits per heavy atom. The van der Waals surface area contributed by atoms with Crippen molar-refractivity contribution in [2.45, 2.75) is 66.2 Å². The highest BCUT2D eigenvalue weighted by Crippen LogP contribution is 2.59. The fraction of sp³-hybridized carbons (Fsp3) is 0.250. The zero-order valence-electron chi connectivity index (χ0n) is 25.6. The summed E-state index contributed by atoms with van der Waals surface area (Å²) in [6.45, 7) is 18.5. The summed E-state index contributed by atoms with van der Waals surface area (Å²) in [5.41, 5.74) is 20.1. The van der Waals surface area contributed by atoms with Gasteiger partial charge in [-0.3, -0.25) is 0 Å².